The lowest BCUT2D eigenvalue weighted by molar-refractivity contribution is -0.115. The van der Waals surface area contributed by atoms with Gasteiger partial charge < -0.3 is 14.7 Å². The molecule has 0 bridgehead atoms. The molecule has 2 heterocycles. The summed E-state index contributed by atoms with van der Waals surface area (Å²) in [5, 5.41) is 6.62. The van der Waals surface area contributed by atoms with Crippen LogP contribution < -0.4 is 5.32 Å². The molecule has 0 saturated carbocycles. The smallest absolute Gasteiger partial charge is 0.254 e. The Morgan fingerprint density at radius 3 is 2.95 bits per heavy atom. The number of anilines is 1. The molecule has 0 saturated heterocycles. The van der Waals surface area contributed by atoms with Gasteiger partial charge in [-0.15, -0.1) is 0 Å². The van der Waals surface area contributed by atoms with Gasteiger partial charge in [-0.3, -0.25) is 9.59 Å². The number of amides is 2. The molecular weight excluding hydrogens is 270 g/mol. The molecule has 1 aromatic heterocycles. The highest BCUT2D eigenvalue weighted by Crippen LogP contribution is 2.24. The molecule has 2 amide bonds. The zero-order valence-corrected chi connectivity index (χ0v) is 11.8. The second-order valence-electron chi connectivity index (χ2n) is 5.19. The Kier molecular flexibility index (Phi) is 3.21. The molecule has 0 radical (unpaired) electrons. The van der Waals surface area contributed by atoms with Gasteiger partial charge in [-0.2, -0.15) is 0 Å². The minimum Gasteiger partial charge on any atom is -0.361 e. The van der Waals surface area contributed by atoms with Gasteiger partial charge in [0.25, 0.3) is 5.91 Å². The summed E-state index contributed by atoms with van der Waals surface area (Å²) in [6.07, 6.45) is 0.373. The highest BCUT2D eigenvalue weighted by atomic mass is 16.5. The summed E-state index contributed by atoms with van der Waals surface area (Å²) in [5.74, 6) is 0.548. The Hall–Kier alpha value is -2.63. The average Bonchev–Trinajstić information content (AvgIpc) is 3.01. The van der Waals surface area contributed by atoms with E-state index in [0.717, 1.165) is 11.3 Å². The second-order valence-corrected chi connectivity index (χ2v) is 5.19. The lowest BCUT2D eigenvalue weighted by atomic mass is 10.1. The van der Waals surface area contributed by atoms with E-state index in [1.54, 1.807) is 30.1 Å². The van der Waals surface area contributed by atoms with Crippen molar-refractivity contribution in [3.05, 3.63) is 46.8 Å². The van der Waals surface area contributed by atoms with Crippen LogP contribution in [0.2, 0.25) is 0 Å². The monoisotopic (exact) mass is 285 g/mol. The van der Waals surface area contributed by atoms with Gasteiger partial charge in [-0.25, -0.2) is 0 Å². The molecule has 0 unspecified atom stereocenters. The molecule has 1 aliphatic rings. The largest absolute Gasteiger partial charge is 0.361 e. The summed E-state index contributed by atoms with van der Waals surface area (Å²) in [5.41, 5.74) is 2.89. The molecular formula is C15H15N3O3. The minimum absolute atomic E-state index is 0.0407. The zero-order valence-electron chi connectivity index (χ0n) is 11.8. The van der Waals surface area contributed by atoms with Gasteiger partial charge in [0.1, 0.15) is 11.5 Å². The van der Waals surface area contributed by atoms with Crippen LogP contribution in [0.1, 0.15) is 27.4 Å². The number of nitrogens with zero attached hydrogens (tertiary/aromatic N) is 2. The molecule has 108 valence electrons. The van der Waals surface area contributed by atoms with E-state index in [2.05, 4.69) is 10.5 Å². The molecule has 1 aromatic carbocycles. The fourth-order valence-corrected chi connectivity index (χ4v) is 2.38. The van der Waals surface area contributed by atoms with Crippen molar-refractivity contribution in [2.75, 3.05) is 12.4 Å². The molecule has 0 spiro atoms. The van der Waals surface area contributed by atoms with Crippen molar-refractivity contribution >= 4 is 17.5 Å². The third kappa shape index (κ3) is 2.65. The zero-order chi connectivity index (χ0) is 15.0. The van der Waals surface area contributed by atoms with Crippen molar-refractivity contribution in [2.45, 2.75) is 19.9 Å². The highest BCUT2D eigenvalue weighted by molar-refractivity contribution is 6.02. The Bertz CT molecular complexity index is 721. The number of hydrogen-bond acceptors (Lipinski definition) is 4. The van der Waals surface area contributed by atoms with Crippen molar-refractivity contribution < 1.29 is 14.1 Å². The summed E-state index contributed by atoms with van der Waals surface area (Å²) in [4.78, 5) is 25.3. The van der Waals surface area contributed by atoms with E-state index in [4.69, 9.17) is 4.52 Å². The fourth-order valence-electron chi connectivity index (χ4n) is 2.38. The molecule has 3 rings (SSSR count). The van der Waals surface area contributed by atoms with E-state index in [0.29, 0.717) is 30.0 Å². The number of nitrogens with one attached hydrogen (secondary N) is 1. The van der Waals surface area contributed by atoms with E-state index in [1.165, 1.54) is 0 Å². The van der Waals surface area contributed by atoms with Crippen LogP contribution in [0.25, 0.3) is 0 Å². The van der Waals surface area contributed by atoms with E-state index in [-0.39, 0.29) is 11.8 Å². The molecule has 6 heteroatoms. The first-order valence-corrected chi connectivity index (χ1v) is 6.63. The molecule has 1 N–H and O–H groups in total. The first kappa shape index (κ1) is 13.4. The molecule has 1 aliphatic heterocycles. The molecule has 21 heavy (non-hydrogen) atoms. The number of aromatic nitrogens is 1. The maximum atomic E-state index is 12.4. The van der Waals surface area contributed by atoms with Crippen molar-refractivity contribution in [3.63, 3.8) is 0 Å². The van der Waals surface area contributed by atoms with Crippen LogP contribution in [0.4, 0.5) is 5.69 Å². The van der Waals surface area contributed by atoms with Gasteiger partial charge in [-0.1, -0.05) is 11.2 Å². The summed E-state index contributed by atoms with van der Waals surface area (Å²) in [6, 6.07) is 7.07. The maximum absolute atomic E-state index is 12.4. The molecule has 0 atom stereocenters. The highest BCUT2D eigenvalue weighted by Gasteiger charge is 2.20. The second kappa shape index (κ2) is 5.05. The number of rotatable bonds is 3. The van der Waals surface area contributed by atoms with E-state index in [9.17, 15) is 9.59 Å². The summed E-state index contributed by atoms with van der Waals surface area (Å²) < 4.78 is 4.99. The Labute approximate surface area is 121 Å². The number of fused-ring (bicyclic) bond motifs is 1. The molecule has 0 aliphatic carbocycles. The molecule has 2 aromatic rings. The van der Waals surface area contributed by atoms with Gasteiger partial charge in [0.15, 0.2) is 0 Å². The van der Waals surface area contributed by atoms with Crippen LogP contribution in [0.3, 0.4) is 0 Å². The van der Waals surface area contributed by atoms with E-state index >= 15 is 0 Å². The number of aryl methyl sites for hydroxylation is 1. The van der Waals surface area contributed by atoms with Crippen LogP contribution in [-0.2, 0) is 17.8 Å². The van der Waals surface area contributed by atoms with Crippen LogP contribution in [0.15, 0.2) is 28.8 Å². The number of carbonyl (C=O) groups is 2. The van der Waals surface area contributed by atoms with Gasteiger partial charge >= 0.3 is 0 Å². The van der Waals surface area contributed by atoms with Crippen molar-refractivity contribution in [1.29, 1.82) is 0 Å². The van der Waals surface area contributed by atoms with E-state index in [1.807, 2.05) is 13.0 Å². The van der Waals surface area contributed by atoms with Gasteiger partial charge in [0.2, 0.25) is 5.91 Å². The topological polar surface area (TPSA) is 75.4 Å². The van der Waals surface area contributed by atoms with Crippen molar-refractivity contribution in [2.24, 2.45) is 0 Å². The van der Waals surface area contributed by atoms with Gasteiger partial charge in [0, 0.05) is 24.4 Å². The number of hydrogen-bond donors (Lipinski definition) is 1. The first-order chi connectivity index (χ1) is 10.0. The number of benzene rings is 1. The van der Waals surface area contributed by atoms with Crippen LogP contribution in [0, 0.1) is 6.92 Å². The van der Waals surface area contributed by atoms with Crippen molar-refractivity contribution in [1.82, 2.24) is 10.1 Å². The fraction of sp³-hybridized carbons (Fsp3) is 0.267. The van der Waals surface area contributed by atoms with Crippen molar-refractivity contribution in [3.8, 4) is 0 Å². The minimum atomic E-state index is -0.125. The van der Waals surface area contributed by atoms with Gasteiger partial charge in [0.05, 0.1) is 13.0 Å². The van der Waals surface area contributed by atoms with E-state index < -0.39 is 0 Å². The average molecular weight is 285 g/mol. The van der Waals surface area contributed by atoms with Gasteiger partial charge in [-0.05, 0) is 24.6 Å². The normalized spacial score (nSPS) is 13.0. The summed E-state index contributed by atoms with van der Waals surface area (Å²) >= 11 is 0. The molecule has 6 nitrogen and oxygen atoms in total. The predicted octanol–water partition coefficient (Wildman–Crippen LogP) is 1.75. The number of carbonyl (C=O) groups excluding carboxylic acids is 2. The SMILES string of the molecule is Cc1cc(CN(C)C(=O)c2ccc3c(c2)NC(=O)C3)no1. The molecule has 0 fully saturated rings. The maximum Gasteiger partial charge on any atom is 0.254 e. The third-order valence-corrected chi connectivity index (χ3v) is 3.40. The first-order valence-electron chi connectivity index (χ1n) is 6.63. The Morgan fingerprint density at radius 2 is 2.24 bits per heavy atom. The summed E-state index contributed by atoms with van der Waals surface area (Å²) in [6.45, 7) is 2.18. The standard InChI is InChI=1S/C15H15N3O3/c1-9-5-12(17-21-9)8-18(2)15(20)11-4-3-10-7-14(19)16-13(10)6-11/h3-6H,7-8H2,1-2H3,(H,16,19). The quantitative estimate of drug-likeness (QED) is 0.932. The Balaban J connectivity index is 1.76. The summed E-state index contributed by atoms with van der Waals surface area (Å²) in [7, 11) is 1.71. The van der Waals surface area contributed by atoms with Crippen LogP contribution in [-0.4, -0.2) is 28.9 Å². The van der Waals surface area contributed by atoms with Crippen LogP contribution in [0.5, 0.6) is 0 Å². The Morgan fingerprint density at radius 1 is 1.43 bits per heavy atom. The predicted molar refractivity (Wildman–Crippen MR) is 75.8 cm³/mol. The third-order valence-electron chi connectivity index (χ3n) is 3.40. The lowest BCUT2D eigenvalue weighted by Crippen LogP contribution is -2.26. The van der Waals surface area contributed by atoms with Crippen LogP contribution >= 0.6 is 0 Å². The lowest BCUT2D eigenvalue weighted by Gasteiger charge is -2.16.